The second kappa shape index (κ2) is 10.1. The zero-order valence-electron chi connectivity index (χ0n) is 24.8. The molecule has 222 valence electrons. The maximum atomic E-state index is 13.7. The van der Waals surface area contributed by atoms with Crippen molar-refractivity contribution in [3.05, 3.63) is 106 Å². The summed E-state index contributed by atoms with van der Waals surface area (Å²) in [6.07, 6.45) is 6.92. The Morgan fingerprint density at radius 1 is 1.00 bits per heavy atom. The highest BCUT2D eigenvalue weighted by Crippen LogP contribution is 2.51. The number of benzene rings is 2. The van der Waals surface area contributed by atoms with Gasteiger partial charge in [-0.1, -0.05) is 75.4 Å². The third-order valence-electron chi connectivity index (χ3n) is 9.29. The van der Waals surface area contributed by atoms with Crippen molar-refractivity contribution in [1.29, 1.82) is 0 Å². The predicted octanol–water partition coefficient (Wildman–Crippen LogP) is 5.18. The molecule has 0 aromatic heterocycles. The summed E-state index contributed by atoms with van der Waals surface area (Å²) in [5.41, 5.74) is 5.09. The van der Waals surface area contributed by atoms with Gasteiger partial charge >= 0.3 is 5.97 Å². The molecule has 1 fully saturated rings. The van der Waals surface area contributed by atoms with Crippen molar-refractivity contribution >= 4 is 35.0 Å². The normalized spacial score (nSPS) is 24.0. The molecule has 44 heavy (non-hydrogen) atoms. The summed E-state index contributed by atoms with van der Waals surface area (Å²) in [5.74, 6) is -2.52. The topological polar surface area (TPSA) is 110 Å². The molecule has 1 N–H and O–H groups in total. The number of ether oxygens (including phenoxy) is 1. The van der Waals surface area contributed by atoms with Crippen LogP contribution in [-0.2, 0) is 19.2 Å². The number of fused-ring (bicyclic) bond motifs is 3. The zero-order valence-corrected chi connectivity index (χ0v) is 24.8. The number of rotatable bonds is 5. The van der Waals surface area contributed by atoms with E-state index in [0.29, 0.717) is 41.5 Å². The molecule has 7 rings (SSSR count). The van der Waals surface area contributed by atoms with E-state index in [9.17, 15) is 24.0 Å². The lowest BCUT2D eigenvalue weighted by molar-refractivity contribution is -0.153. The summed E-state index contributed by atoms with van der Waals surface area (Å²) in [6.45, 7) is 5.87. The van der Waals surface area contributed by atoms with E-state index < -0.39 is 29.8 Å². The van der Waals surface area contributed by atoms with Gasteiger partial charge < -0.3 is 10.1 Å². The van der Waals surface area contributed by atoms with Gasteiger partial charge in [-0.05, 0) is 42.4 Å². The highest BCUT2D eigenvalue weighted by Gasteiger charge is 2.49. The molecule has 3 aliphatic carbocycles. The quantitative estimate of drug-likeness (QED) is 0.291. The lowest BCUT2D eigenvalue weighted by Gasteiger charge is -2.39. The first-order valence-electron chi connectivity index (χ1n) is 15.1. The molecule has 1 saturated heterocycles. The van der Waals surface area contributed by atoms with Gasteiger partial charge in [-0.2, -0.15) is 0 Å². The lowest BCUT2D eigenvalue weighted by atomic mass is 9.68. The maximum Gasteiger partial charge on any atom is 0.334 e. The fourth-order valence-corrected chi connectivity index (χ4v) is 7.28. The van der Waals surface area contributed by atoms with Crippen molar-refractivity contribution in [3.8, 4) is 5.75 Å². The number of amides is 2. The molecule has 2 aliphatic heterocycles. The summed E-state index contributed by atoms with van der Waals surface area (Å²) in [6, 6.07) is 13.2. The molecule has 2 amide bonds. The van der Waals surface area contributed by atoms with Gasteiger partial charge in [0.25, 0.3) is 5.91 Å². The zero-order chi connectivity index (χ0) is 30.9. The molecular weight excluding hydrogens is 556 g/mol. The molecule has 3 unspecified atom stereocenters. The van der Waals surface area contributed by atoms with E-state index in [-0.39, 0.29) is 35.1 Å². The summed E-state index contributed by atoms with van der Waals surface area (Å²) in [7, 11) is 0. The van der Waals surface area contributed by atoms with Crippen LogP contribution in [0.15, 0.2) is 89.2 Å². The Morgan fingerprint density at radius 2 is 1.73 bits per heavy atom. The van der Waals surface area contributed by atoms with Gasteiger partial charge in [-0.25, -0.2) is 4.79 Å². The van der Waals surface area contributed by atoms with Gasteiger partial charge in [0.1, 0.15) is 11.8 Å². The van der Waals surface area contributed by atoms with Crippen molar-refractivity contribution in [3.63, 3.8) is 0 Å². The number of nitrogens with zero attached hydrogens (tertiary/aromatic N) is 1. The molecule has 0 bridgehead atoms. The van der Waals surface area contributed by atoms with Gasteiger partial charge in [0.2, 0.25) is 5.91 Å². The van der Waals surface area contributed by atoms with Crippen molar-refractivity contribution in [2.45, 2.75) is 58.4 Å². The number of dihydropyridines is 1. The average Bonchev–Trinajstić information content (AvgIpc) is 3.42. The Labute approximate surface area is 255 Å². The van der Waals surface area contributed by atoms with Crippen LogP contribution < -0.4 is 10.1 Å². The molecule has 8 heteroatoms. The van der Waals surface area contributed by atoms with Crippen LogP contribution in [0.3, 0.4) is 0 Å². The van der Waals surface area contributed by atoms with Crippen LogP contribution in [-0.4, -0.2) is 40.3 Å². The molecule has 2 heterocycles. The van der Waals surface area contributed by atoms with E-state index in [2.05, 4.69) is 19.2 Å². The highest BCUT2D eigenvalue weighted by molar-refractivity contribution is 6.23. The molecule has 8 nitrogen and oxygen atoms in total. The number of allylic oxidation sites excluding steroid dienone is 6. The summed E-state index contributed by atoms with van der Waals surface area (Å²) in [5, 5.41) is 3.48. The van der Waals surface area contributed by atoms with Gasteiger partial charge in [-0.15, -0.1) is 0 Å². The van der Waals surface area contributed by atoms with Crippen LogP contribution in [0.25, 0.3) is 5.70 Å². The fourth-order valence-electron chi connectivity index (χ4n) is 7.28. The molecule has 3 atom stereocenters. The predicted molar refractivity (Wildman–Crippen MR) is 162 cm³/mol. The Hall–Kier alpha value is -4.85. The third-order valence-corrected chi connectivity index (χ3v) is 9.29. The lowest BCUT2D eigenvalue weighted by Crippen LogP contribution is -2.46. The number of hydrogen-bond acceptors (Lipinski definition) is 7. The minimum atomic E-state index is -1.05. The minimum absolute atomic E-state index is 0.0103. The van der Waals surface area contributed by atoms with E-state index in [1.54, 1.807) is 43.3 Å². The number of carbonyl (C=O) groups excluding carboxylic acids is 5. The van der Waals surface area contributed by atoms with Crippen molar-refractivity contribution in [1.82, 2.24) is 10.2 Å². The number of Topliss-reactive ketones (excluding diaryl/α,β-unsaturated/α-hetero) is 2. The largest absolute Gasteiger partial charge is 0.425 e. The average molecular weight is 589 g/mol. The minimum Gasteiger partial charge on any atom is -0.425 e. The summed E-state index contributed by atoms with van der Waals surface area (Å²) >= 11 is 0. The van der Waals surface area contributed by atoms with Crippen molar-refractivity contribution < 1.29 is 28.7 Å². The molecule has 0 radical (unpaired) electrons. The third kappa shape index (κ3) is 4.23. The molecular formula is C36H32N2O6. The second-order valence-electron chi connectivity index (χ2n) is 12.8. The Bertz CT molecular complexity index is 1810. The van der Waals surface area contributed by atoms with Crippen LogP contribution in [0.4, 0.5) is 0 Å². The van der Waals surface area contributed by atoms with Crippen molar-refractivity contribution in [2.24, 2.45) is 11.3 Å². The van der Waals surface area contributed by atoms with E-state index >= 15 is 0 Å². The second-order valence-corrected chi connectivity index (χ2v) is 12.8. The van der Waals surface area contributed by atoms with E-state index in [1.165, 1.54) is 0 Å². The van der Waals surface area contributed by atoms with Crippen molar-refractivity contribution in [2.75, 3.05) is 0 Å². The highest BCUT2D eigenvalue weighted by atomic mass is 16.5. The van der Waals surface area contributed by atoms with Gasteiger partial charge in [0.15, 0.2) is 11.6 Å². The molecule has 5 aliphatic rings. The SMILES string of the molecule is CCC(C(=O)Oc1ccc(C2C3=C(CC(C)(C)CC3=O)NC3=C2C(=O)c2ccccc23)cc1)N1C(=O)C2=CC=CCC2C1=O. The first kappa shape index (κ1) is 28.0. The van der Waals surface area contributed by atoms with Crippen LogP contribution in [0.5, 0.6) is 5.75 Å². The number of esters is 1. The van der Waals surface area contributed by atoms with Gasteiger partial charge in [0, 0.05) is 45.9 Å². The van der Waals surface area contributed by atoms with E-state index in [4.69, 9.17) is 4.74 Å². The number of hydrogen-bond donors (Lipinski definition) is 1. The molecule has 0 spiro atoms. The first-order chi connectivity index (χ1) is 21.1. The molecule has 0 saturated carbocycles. The Morgan fingerprint density at radius 3 is 2.43 bits per heavy atom. The number of nitrogens with one attached hydrogen (secondary N) is 1. The van der Waals surface area contributed by atoms with Gasteiger partial charge in [0.05, 0.1) is 11.6 Å². The summed E-state index contributed by atoms with van der Waals surface area (Å²) < 4.78 is 5.70. The van der Waals surface area contributed by atoms with Crippen LogP contribution in [0.1, 0.15) is 73.9 Å². The maximum absolute atomic E-state index is 13.7. The smallest absolute Gasteiger partial charge is 0.334 e. The monoisotopic (exact) mass is 588 g/mol. The standard InChI is InChI=1S/C36H32N2O6/c1-4-26(38-33(41)23-11-7-8-12-24(23)34(38)42)35(43)44-20-15-13-19(14-16-20)28-29-25(17-36(2,3)18-27(29)39)37-31-21-9-5-6-10-22(21)32(40)30(28)31/h5-11,13-16,24,26,28,37H,4,12,17-18H2,1-3H3. The van der Waals surface area contributed by atoms with E-state index in [0.717, 1.165) is 27.4 Å². The molecule has 2 aromatic carbocycles. The first-order valence-corrected chi connectivity index (χ1v) is 15.1. The summed E-state index contributed by atoms with van der Waals surface area (Å²) in [4.78, 5) is 67.8. The number of likely N-dealkylation sites (tertiary alicyclic amines) is 1. The van der Waals surface area contributed by atoms with E-state index in [1.807, 2.05) is 30.3 Å². The van der Waals surface area contributed by atoms with Crippen LogP contribution >= 0.6 is 0 Å². The fraction of sp³-hybridized carbons (Fsp3) is 0.306. The van der Waals surface area contributed by atoms with Crippen LogP contribution in [0, 0.1) is 11.3 Å². The molecule has 2 aromatic rings. The van der Waals surface area contributed by atoms with Crippen LogP contribution in [0.2, 0.25) is 0 Å². The Kier molecular flexibility index (Phi) is 6.43. The number of carbonyl (C=O) groups is 5. The number of ketones is 2. The Balaban J connectivity index is 1.19. The number of imide groups is 1. The van der Waals surface area contributed by atoms with Gasteiger partial charge in [-0.3, -0.25) is 24.1 Å².